The quantitative estimate of drug-likeness (QED) is 0.661. The summed E-state index contributed by atoms with van der Waals surface area (Å²) in [6, 6.07) is 17.7. The smallest absolute Gasteiger partial charge is 0.132 e. The molecule has 0 radical (unpaired) electrons. The lowest BCUT2D eigenvalue weighted by Crippen LogP contribution is -2.01. The number of rotatable bonds is 2. The molecule has 0 bridgehead atoms. The fourth-order valence-electron chi connectivity index (χ4n) is 2.32. The summed E-state index contributed by atoms with van der Waals surface area (Å²) < 4.78 is 2.01. The minimum Gasteiger partial charge on any atom is -0.295 e. The summed E-state index contributed by atoms with van der Waals surface area (Å²) >= 11 is 6.26. The van der Waals surface area contributed by atoms with Crippen molar-refractivity contribution in [2.24, 2.45) is 0 Å². The second-order valence-electron chi connectivity index (χ2n) is 4.54. The van der Waals surface area contributed by atoms with E-state index >= 15 is 0 Å². The Bertz CT molecular complexity index is 798. The van der Waals surface area contributed by atoms with Crippen molar-refractivity contribution in [1.82, 2.24) is 9.55 Å². The Balaban J connectivity index is 2.40. The average molecular weight is 282 g/mol. The molecule has 98 valence electrons. The predicted octanol–water partition coefficient (Wildman–Crippen LogP) is 4.20. The number of para-hydroxylation sites is 2. The van der Waals surface area contributed by atoms with E-state index in [0.717, 1.165) is 17.0 Å². The zero-order valence-corrected chi connectivity index (χ0v) is 11.7. The van der Waals surface area contributed by atoms with Gasteiger partial charge in [0.1, 0.15) is 17.4 Å². The highest BCUT2D eigenvalue weighted by atomic mass is 35.5. The van der Waals surface area contributed by atoms with Crippen LogP contribution in [0.15, 0.2) is 48.5 Å². The van der Waals surface area contributed by atoms with Gasteiger partial charge in [0.15, 0.2) is 0 Å². The third kappa shape index (κ3) is 1.95. The van der Waals surface area contributed by atoms with E-state index in [-0.39, 0.29) is 5.38 Å². The van der Waals surface area contributed by atoms with Crippen LogP contribution in [0.25, 0.3) is 16.7 Å². The van der Waals surface area contributed by atoms with E-state index in [1.165, 1.54) is 0 Å². The van der Waals surface area contributed by atoms with E-state index in [0.29, 0.717) is 11.1 Å². The minimum atomic E-state index is -0.242. The van der Waals surface area contributed by atoms with Crippen LogP contribution in [0.1, 0.15) is 23.7 Å². The summed E-state index contributed by atoms with van der Waals surface area (Å²) in [6.07, 6.45) is 0. The molecule has 3 rings (SSSR count). The number of alkyl halides is 1. The Morgan fingerprint density at radius 2 is 1.90 bits per heavy atom. The van der Waals surface area contributed by atoms with Crippen molar-refractivity contribution in [3.8, 4) is 11.8 Å². The Morgan fingerprint density at radius 1 is 1.15 bits per heavy atom. The summed E-state index contributed by atoms with van der Waals surface area (Å²) in [4.78, 5) is 4.57. The standard InChI is InChI=1S/C16H12ClN3/c1-11(17)16-19-15-12(10-18)6-5-9-14(15)20(16)13-7-3-2-4-8-13/h2-9,11H,1H3. The van der Waals surface area contributed by atoms with Crippen molar-refractivity contribution in [2.75, 3.05) is 0 Å². The van der Waals surface area contributed by atoms with Gasteiger partial charge in [-0.2, -0.15) is 5.26 Å². The summed E-state index contributed by atoms with van der Waals surface area (Å²) in [5, 5.41) is 8.97. The molecular weight excluding hydrogens is 270 g/mol. The number of fused-ring (bicyclic) bond motifs is 1. The first-order chi connectivity index (χ1) is 9.72. The SMILES string of the molecule is CC(Cl)c1nc2c(C#N)cccc2n1-c1ccccc1. The minimum absolute atomic E-state index is 0.242. The predicted molar refractivity (Wildman–Crippen MR) is 80.1 cm³/mol. The van der Waals surface area contributed by atoms with Crippen molar-refractivity contribution >= 4 is 22.6 Å². The molecule has 0 saturated heterocycles. The van der Waals surface area contributed by atoms with Gasteiger partial charge >= 0.3 is 0 Å². The molecule has 3 nitrogen and oxygen atoms in total. The molecule has 3 aromatic rings. The number of imidazole rings is 1. The van der Waals surface area contributed by atoms with Crippen LogP contribution in [0.5, 0.6) is 0 Å². The lowest BCUT2D eigenvalue weighted by Gasteiger charge is -2.10. The molecule has 2 aromatic carbocycles. The second kappa shape index (κ2) is 4.99. The van der Waals surface area contributed by atoms with Gasteiger partial charge in [-0.15, -0.1) is 11.6 Å². The van der Waals surface area contributed by atoms with Crippen LogP contribution in [0, 0.1) is 11.3 Å². The lowest BCUT2D eigenvalue weighted by atomic mass is 10.2. The van der Waals surface area contributed by atoms with Crippen molar-refractivity contribution in [1.29, 1.82) is 5.26 Å². The second-order valence-corrected chi connectivity index (χ2v) is 5.20. The van der Waals surface area contributed by atoms with Crippen molar-refractivity contribution in [3.05, 3.63) is 59.9 Å². The molecule has 0 fully saturated rings. The van der Waals surface area contributed by atoms with Crippen LogP contribution >= 0.6 is 11.6 Å². The van der Waals surface area contributed by atoms with Gasteiger partial charge in [-0.1, -0.05) is 24.3 Å². The normalized spacial score (nSPS) is 12.2. The molecule has 1 atom stereocenters. The van der Waals surface area contributed by atoms with E-state index in [9.17, 15) is 5.26 Å². The molecule has 0 aliphatic heterocycles. The molecule has 1 unspecified atom stereocenters. The van der Waals surface area contributed by atoms with Gasteiger partial charge in [0, 0.05) is 5.69 Å². The van der Waals surface area contributed by atoms with Gasteiger partial charge in [0.05, 0.1) is 16.5 Å². The van der Waals surface area contributed by atoms with Gasteiger partial charge in [-0.05, 0) is 31.2 Å². The topological polar surface area (TPSA) is 41.6 Å². The van der Waals surface area contributed by atoms with E-state index < -0.39 is 0 Å². The number of benzene rings is 2. The maximum atomic E-state index is 9.21. The molecule has 0 N–H and O–H groups in total. The Morgan fingerprint density at radius 3 is 2.55 bits per heavy atom. The largest absolute Gasteiger partial charge is 0.295 e. The Labute approximate surface area is 122 Å². The molecule has 0 spiro atoms. The van der Waals surface area contributed by atoms with Gasteiger partial charge in [0.25, 0.3) is 0 Å². The van der Waals surface area contributed by atoms with Crippen molar-refractivity contribution < 1.29 is 0 Å². The molecule has 20 heavy (non-hydrogen) atoms. The highest BCUT2D eigenvalue weighted by Gasteiger charge is 2.17. The number of nitrogens with zero attached hydrogens (tertiary/aromatic N) is 3. The van der Waals surface area contributed by atoms with E-state index in [4.69, 9.17) is 11.6 Å². The molecule has 1 aromatic heterocycles. The van der Waals surface area contributed by atoms with Gasteiger partial charge < -0.3 is 0 Å². The first kappa shape index (κ1) is 12.7. The number of nitriles is 1. The summed E-state index contributed by atoms with van der Waals surface area (Å²) in [6.45, 7) is 1.88. The molecule has 0 aliphatic rings. The van der Waals surface area contributed by atoms with Gasteiger partial charge in [-0.25, -0.2) is 4.98 Å². The highest BCUT2D eigenvalue weighted by molar-refractivity contribution is 6.20. The molecular formula is C16H12ClN3. The monoisotopic (exact) mass is 281 g/mol. The fraction of sp³-hybridized carbons (Fsp3) is 0.125. The number of hydrogen-bond acceptors (Lipinski definition) is 2. The van der Waals surface area contributed by atoms with E-state index in [1.807, 2.05) is 54.0 Å². The number of hydrogen-bond donors (Lipinski definition) is 0. The zero-order valence-electron chi connectivity index (χ0n) is 10.9. The van der Waals surface area contributed by atoms with Crippen LogP contribution in [-0.4, -0.2) is 9.55 Å². The number of aromatic nitrogens is 2. The van der Waals surface area contributed by atoms with Crippen molar-refractivity contribution in [2.45, 2.75) is 12.3 Å². The van der Waals surface area contributed by atoms with Gasteiger partial charge in [0.2, 0.25) is 0 Å². The average Bonchev–Trinajstić information content (AvgIpc) is 2.87. The van der Waals surface area contributed by atoms with Crippen LogP contribution in [0.3, 0.4) is 0 Å². The first-order valence-electron chi connectivity index (χ1n) is 6.33. The van der Waals surface area contributed by atoms with E-state index in [1.54, 1.807) is 6.07 Å². The molecule has 1 heterocycles. The zero-order chi connectivity index (χ0) is 14.1. The van der Waals surface area contributed by atoms with Crippen LogP contribution < -0.4 is 0 Å². The number of halogens is 1. The van der Waals surface area contributed by atoms with E-state index in [2.05, 4.69) is 11.1 Å². The maximum Gasteiger partial charge on any atom is 0.132 e. The fourth-order valence-corrected chi connectivity index (χ4v) is 2.47. The van der Waals surface area contributed by atoms with Crippen LogP contribution in [-0.2, 0) is 0 Å². The molecule has 0 amide bonds. The molecule has 4 heteroatoms. The van der Waals surface area contributed by atoms with Crippen molar-refractivity contribution in [3.63, 3.8) is 0 Å². The van der Waals surface area contributed by atoms with Crippen LogP contribution in [0.4, 0.5) is 0 Å². The summed E-state index contributed by atoms with van der Waals surface area (Å²) in [5.41, 5.74) is 3.16. The Hall–Kier alpha value is -2.31. The lowest BCUT2D eigenvalue weighted by molar-refractivity contribution is 0.882. The maximum absolute atomic E-state index is 9.21. The molecule has 0 aliphatic carbocycles. The summed E-state index contributed by atoms with van der Waals surface area (Å²) in [5.74, 6) is 0.746. The van der Waals surface area contributed by atoms with Gasteiger partial charge in [-0.3, -0.25) is 4.57 Å². The summed E-state index contributed by atoms with van der Waals surface area (Å²) in [7, 11) is 0. The van der Waals surface area contributed by atoms with Crippen LogP contribution in [0.2, 0.25) is 0 Å². The molecule has 0 saturated carbocycles. The third-order valence-electron chi connectivity index (χ3n) is 3.20. The highest BCUT2D eigenvalue weighted by Crippen LogP contribution is 2.29. The first-order valence-corrected chi connectivity index (χ1v) is 6.77. The Kier molecular flexibility index (Phi) is 3.17. The third-order valence-corrected chi connectivity index (χ3v) is 3.40.